The SMILES string of the molecule is COc1cc(C(=O)O)c([S+]2c3ccc(C)cc3Oc3cc(C)ccc32)cc1C. The molecule has 0 fully saturated rings. The number of carbonyl (C=O) groups is 1. The summed E-state index contributed by atoms with van der Waals surface area (Å²) in [5.74, 6) is 1.18. The van der Waals surface area contributed by atoms with Gasteiger partial charge >= 0.3 is 5.97 Å². The average molecular weight is 393 g/mol. The van der Waals surface area contributed by atoms with E-state index in [0.29, 0.717) is 5.75 Å². The van der Waals surface area contributed by atoms with Gasteiger partial charge < -0.3 is 14.6 Å². The second-order valence-corrected chi connectivity index (χ2v) is 8.86. The smallest absolute Gasteiger partial charge is 0.340 e. The molecule has 0 saturated carbocycles. The van der Waals surface area contributed by atoms with Crippen molar-refractivity contribution in [1.82, 2.24) is 0 Å². The molecule has 28 heavy (non-hydrogen) atoms. The topological polar surface area (TPSA) is 55.8 Å². The Hall–Kier alpha value is -2.92. The summed E-state index contributed by atoms with van der Waals surface area (Å²) in [6.45, 7) is 5.98. The molecule has 0 atom stereocenters. The van der Waals surface area contributed by atoms with E-state index in [-0.39, 0.29) is 5.56 Å². The van der Waals surface area contributed by atoms with Crippen molar-refractivity contribution in [2.45, 2.75) is 35.5 Å². The molecule has 0 unspecified atom stereocenters. The number of rotatable bonds is 3. The Kier molecular flexibility index (Phi) is 4.55. The molecule has 0 radical (unpaired) electrons. The molecule has 0 spiro atoms. The molecule has 142 valence electrons. The third kappa shape index (κ3) is 3.02. The van der Waals surface area contributed by atoms with Gasteiger partial charge in [0.25, 0.3) is 0 Å². The minimum Gasteiger partial charge on any atom is -0.496 e. The molecule has 0 amide bonds. The largest absolute Gasteiger partial charge is 0.496 e. The van der Waals surface area contributed by atoms with Crippen molar-refractivity contribution in [3.63, 3.8) is 0 Å². The van der Waals surface area contributed by atoms with Crippen LogP contribution >= 0.6 is 0 Å². The predicted octanol–water partition coefficient (Wildman–Crippen LogP) is 5.52. The summed E-state index contributed by atoms with van der Waals surface area (Å²) in [5.41, 5.74) is 3.36. The van der Waals surface area contributed by atoms with Gasteiger partial charge in [0.05, 0.1) is 7.11 Å². The summed E-state index contributed by atoms with van der Waals surface area (Å²) in [7, 11) is 0.968. The number of hydrogen-bond acceptors (Lipinski definition) is 3. The van der Waals surface area contributed by atoms with Crippen LogP contribution in [0.15, 0.2) is 63.2 Å². The van der Waals surface area contributed by atoms with Gasteiger partial charge in [-0.1, -0.05) is 12.1 Å². The predicted molar refractivity (Wildman–Crippen MR) is 109 cm³/mol. The number of benzene rings is 3. The van der Waals surface area contributed by atoms with Crippen LogP contribution in [0.2, 0.25) is 0 Å². The number of carboxylic acid groups (broad SMARTS) is 1. The molecule has 5 heteroatoms. The van der Waals surface area contributed by atoms with Crippen LogP contribution < -0.4 is 9.47 Å². The van der Waals surface area contributed by atoms with E-state index in [1.807, 2.05) is 63.2 Å². The number of aryl methyl sites for hydroxylation is 3. The molecule has 4 rings (SSSR count). The van der Waals surface area contributed by atoms with Gasteiger partial charge in [-0.05, 0) is 61.7 Å². The van der Waals surface area contributed by atoms with Crippen molar-refractivity contribution in [3.8, 4) is 17.2 Å². The van der Waals surface area contributed by atoms with Gasteiger partial charge in [0.2, 0.25) is 9.79 Å². The first-order chi connectivity index (χ1) is 13.4. The van der Waals surface area contributed by atoms with Crippen LogP contribution in [-0.2, 0) is 10.9 Å². The molecule has 1 aliphatic rings. The van der Waals surface area contributed by atoms with Gasteiger partial charge in [-0.3, -0.25) is 0 Å². The van der Waals surface area contributed by atoms with Gasteiger partial charge in [-0.2, -0.15) is 0 Å². The van der Waals surface area contributed by atoms with E-state index >= 15 is 0 Å². The Morgan fingerprint density at radius 2 is 1.46 bits per heavy atom. The van der Waals surface area contributed by atoms with Gasteiger partial charge in [0, 0.05) is 12.1 Å². The first kappa shape index (κ1) is 18.4. The minimum atomic E-state index is -0.963. The monoisotopic (exact) mass is 393 g/mol. The first-order valence-electron chi connectivity index (χ1n) is 8.94. The summed E-state index contributed by atoms with van der Waals surface area (Å²) in [6.07, 6.45) is 0. The molecule has 3 aromatic rings. The zero-order valence-electron chi connectivity index (χ0n) is 16.2. The zero-order valence-corrected chi connectivity index (χ0v) is 17.0. The molecule has 1 N–H and O–H groups in total. The van der Waals surface area contributed by atoms with Crippen molar-refractivity contribution in [2.75, 3.05) is 7.11 Å². The Balaban J connectivity index is 2.03. The van der Waals surface area contributed by atoms with Crippen molar-refractivity contribution in [3.05, 3.63) is 70.8 Å². The average Bonchev–Trinajstić information content (AvgIpc) is 2.65. The van der Waals surface area contributed by atoms with Crippen molar-refractivity contribution in [2.24, 2.45) is 0 Å². The fourth-order valence-corrected chi connectivity index (χ4v) is 5.80. The third-order valence-electron chi connectivity index (χ3n) is 4.81. The summed E-state index contributed by atoms with van der Waals surface area (Å²) < 4.78 is 11.6. The summed E-state index contributed by atoms with van der Waals surface area (Å²) >= 11 is 0. The van der Waals surface area contributed by atoms with E-state index in [4.69, 9.17) is 9.47 Å². The molecule has 0 saturated heterocycles. The number of fused-ring (bicyclic) bond motifs is 2. The Morgan fingerprint density at radius 1 is 0.893 bits per heavy atom. The highest BCUT2D eigenvalue weighted by Crippen LogP contribution is 2.48. The molecule has 1 heterocycles. The minimum absolute atomic E-state index is 0.255. The molecule has 0 aliphatic carbocycles. The highest BCUT2D eigenvalue weighted by Gasteiger charge is 2.42. The molecule has 3 aromatic carbocycles. The van der Waals surface area contributed by atoms with Gasteiger partial charge in [0.1, 0.15) is 22.2 Å². The lowest BCUT2D eigenvalue weighted by Crippen LogP contribution is -2.16. The van der Waals surface area contributed by atoms with Crippen molar-refractivity contribution in [1.29, 1.82) is 0 Å². The maximum atomic E-state index is 12.1. The number of aromatic carboxylic acids is 1. The van der Waals surface area contributed by atoms with Crippen LogP contribution in [0.4, 0.5) is 0 Å². The van der Waals surface area contributed by atoms with Gasteiger partial charge in [0.15, 0.2) is 16.4 Å². The molecule has 0 aromatic heterocycles. The number of carboxylic acids is 1. The normalized spacial score (nSPS) is 12.7. The summed E-state index contributed by atoms with van der Waals surface area (Å²) in [5, 5.41) is 9.91. The Labute approximate surface area is 167 Å². The Morgan fingerprint density at radius 3 is 1.96 bits per heavy atom. The summed E-state index contributed by atoms with van der Waals surface area (Å²) in [6, 6.07) is 15.7. The first-order valence-corrected chi connectivity index (χ1v) is 10.2. The maximum absolute atomic E-state index is 12.1. The quantitative estimate of drug-likeness (QED) is 0.466. The second kappa shape index (κ2) is 6.91. The van der Waals surface area contributed by atoms with E-state index in [1.165, 1.54) is 0 Å². The van der Waals surface area contributed by atoms with E-state index < -0.39 is 16.9 Å². The standard InChI is InChI=1S/C23H20O4S/c1-13-5-7-20-18(9-13)27-19-10-14(2)6-8-21(19)28(20)22-11-15(3)17(26-4)12-16(22)23(24)25/h5-12H,1-4H3/p+1. The summed E-state index contributed by atoms with van der Waals surface area (Å²) in [4.78, 5) is 14.9. The Bertz CT molecular complexity index is 1050. The number of methoxy groups -OCH3 is 1. The fraction of sp³-hybridized carbons (Fsp3) is 0.174. The highest BCUT2D eigenvalue weighted by molar-refractivity contribution is 7.97. The van der Waals surface area contributed by atoms with Crippen LogP contribution in [0.5, 0.6) is 17.2 Å². The van der Waals surface area contributed by atoms with Crippen LogP contribution in [0.3, 0.4) is 0 Å². The van der Waals surface area contributed by atoms with Crippen LogP contribution in [0.1, 0.15) is 27.0 Å². The van der Waals surface area contributed by atoms with E-state index in [1.54, 1.807) is 13.2 Å². The number of hydrogen-bond donors (Lipinski definition) is 1. The molecular weight excluding hydrogens is 372 g/mol. The second-order valence-electron chi connectivity index (χ2n) is 6.93. The van der Waals surface area contributed by atoms with E-state index in [2.05, 4.69) is 0 Å². The van der Waals surface area contributed by atoms with Crippen LogP contribution in [0.25, 0.3) is 0 Å². The van der Waals surface area contributed by atoms with Crippen molar-refractivity contribution < 1.29 is 19.4 Å². The number of ether oxygens (including phenoxy) is 2. The van der Waals surface area contributed by atoms with Crippen molar-refractivity contribution >= 4 is 16.9 Å². The molecule has 1 aliphatic heterocycles. The lowest BCUT2D eigenvalue weighted by atomic mass is 10.1. The molecular formula is C23H21O4S+. The van der Waals surface area contributed by atoms with E-state index in [0.717, 1.165) is 42.9 Å². The highest BCUT2D eigenvalue weighted by atomic mass is 32.2. The lowest BCUT2D eigenvalue weighted by molar-refractivity contribution is 0.0692. The molecule has 4 nitrogen and oxygen atoms in total. The lowest BCUT2D eigenvalue weighted by Gasteiger charge is -2.22. The molecule has 0 bridgehead atoms. The van der Waals surface area contributed by atoms with Gasteiger partial charge in [-0.25, -0.2) is 4.79 Å². The van der Waals surface area contributed by atoms with Crippen LogP contribution in [-0.4, -0.2) is 18.2 Å². The van der Waals surface area contributed by atoms with Crippen LogP contribution in [0, 0.1) is 20.8 Å². The van der Waals surface area contributed by atoms with Gasteiger partial charge in [-0.15, -0.1) is 0 Å². The third-order valence-corrected chi connectivity index (χ3v) is 7.14. The fourth-order valence-electron chi connectivity index (χ4n) is 3.42. The maximum Gasteiger partial charge on any atom is 0.340 e. The zero-order chi connectivity index (χ0) is 20.0. The van der Waals surface area contributed by atoms with E-state index in [9.17, 15) is 9.90 Å².